The number of benzene rings is 1. The quantitative estimate of drug-likeness (QED) is 0.417. The Kier molecular flexibility index (Phi) is 2.57. The molecular formula is C9H10ClNO2. The topological polar surface area (TPSA) is 43.1 Å². The van der Waals surface area contributed by atoms with E-state index in [-0.39, 0.29) is 5.69 Å². The van der Waals surface area contributed by atoms with Crippen LogP contribution in [0.4, 0.5) is 5.69 Å². The molecule has 0 aliphatic carbocycles. The van der Waals surface area contributed by atoms with Crippen molar-refractivity contribution in [1.82, 2.24) is 0 Å². The second kappa shape index (κ2) is 3.34. The van der Waals surface area contributed by atoms with E-state index in [9.17, 15) is 10.1 Å². The van der Waals surface area contributed by atoms with Crippen molar-refractivity contribution in [2.75, 3.05) is 0 Å². The van der Waals surface area contributed by atoms with Gasteiger partial charge in [-0.15, -0.1) is 11.6 Å². The Balaban J connectivity index is 3.01. The molecule has 70 valence electrons. The summed E-state index contributed by atoms with van der Waals surface area (Å²) in [7, 11) is 0. The van der Waals surface area contributed by atoms with Crippen LogP contribution in [0.15, 0.2) is 24.3 Å². The highest BCUT2D eigenvalue weighted by molar-refractivity contribution is 6.23. The number of nitrogens with zero attached hydrogens (tertiary/aromatic N) is 1. The predicted molar refractivity (Wildman–Crippen MR) is 52.0 cm³/mol. The molecule has 0 spiro atoms. The molecule has 0 saturated carbocycles. The van der Waals surface area contributed by atoms with Crippen molar-refractivity contribution >= 4 is 17.3 Å². The molecule has 0 aromatic heterocycles. The van der Waals surface area contributed by atoms with E-state index in [0.717, 1.165) is 5.56 Å². The van der Waals surface area contributed by atoms with Gasteiger partial charge in [0.15, 0.2) is 0 Å². The van der Waals surface area contributed by atoms with Gasteiger partial charge in [-0.1, -0.05) is 12.1 Å². The lowest BCUT2D eigenvalue weighted by atomic mass is 10.0. The van der Waals surface area contributed by atoms with Gasteiger partial charge < -0.3 is 0 Å². The van der Waals surface area contributed by atoms with Crippen molar-refractivity contribution in [3.8, 4) is 0 Å². The summed E-state index contributed by atoms with van der Waals surface area (Å²) in [6.45, 7) is 3.69. The first-order valence-corrected chi connectivity index (χ1v) is 4.23. The zero-order chi connectivity index (χ0) is 10.1. The SMILES string of the molecule is CC(C)(Cl)c1ccc([N+](=O)[O-])cc1. The summed E-state index contributed by atoms with van der Waals surface area (Å²) >= 11 is 6.02. The number of nitro benzene ring substituents is 1. The molecule has 0 N–H and O–H groups in total. The third kappa shape index (κ3) is 2.42. The molecule has 0 aliphatic rings. The molecule has 1 rings (SSSR count). The summed E-state index contributed by atoms with van der Waals surface area (Å²) in [6.07, 6.45) is 0. The summed E-state index contributed by atoms with van der Waals surface area (Å²) in [5.41, 5.74) is 0.962. The molecule has 0 unspecified atom stereocenters. The first kappa shape index (κ1) is 9.99. The maximum atomic E-state index is 10.3. The average molecular weight is 200 g/mol. The van der Waals surface area contributed by atoms with Crippen molar-refractivity contribution in [3.63, 3.8) is 0 Å². The van der Waals surface area contributed by atoms with Crippen molar-refractivity contribution in [3.05, 3.63) is 39.9 Å². The maximum Gasteiger partial charge on any atom is 0.269 e. The van der Waals surface area contributed by atoms with Crippen LogP contribution in [0.5, 0.6) is 0 Å². The Hall–Kier alpha value is -1.09. The molecule has 0 radical (unpaired) electrons. The number of rotatable bonds is 2. The minimum absolute atomic E-state index is 0.0877. The Bertz CT molecular complexity index is 313. The molecule has 3 nitrogen and oxygen atoms in total. The van der Waals surface area contributed by atoms with Crippen LogP contribution >= 0.6 is 11.6 Å². The fraction of sp³-hybridized carbons (Fsp3) is 0.333. The highest BCUT2D eigenvalue weighted by atomic mass is 35.5. The number of hydrogen-bond donors (Lipinski definition) is 0. The van der Waals surface area contributed by atoms with E-state index in [2.05, 4.69) is 0 Å². The predicted octanol–water partition coefficient (Wildman–Crippen LogP) is 3.07. The van der Waals surface area contributed by atoms with Crippen LogP contribution in [-0.4, -0.2) is 4.92 Å². The molecule has 0 atom stereocenters. The van der Waals surface area contributed by atoms with Gasteiger partial charge in [-0.3, -0.25) is 10.1 Å². The summed E-state index contributed by atoms with van der Waals surface area (Å²) in [4.78, 5) is 9.43. The van der Waals surface area contributed by atoms with Gasteiger partial charge in [0.25, 0.3) is 5.69 Å². The van der Waals surface area contributed by atoms with Crippen LogP contribution in [0.3, 0.4) is 0 Å². The fourth-order valence-corrected chi connectivity index (χ4v) is 1.11. The standard InChI is InChI=1S/C9H10ClNO2/c1-9(2,10)7-3-5-8(6-4-7)11(12)13/h3-6H,1-2H3. The summed E-state index contributed by atoms with van der Waals surface area (Å²) in [6, 6.07) is 6.26. The van der Waals surface area contributed by atoms with Crippen LogP contribution in [0, 0.1) is 10.1 Å². The van der Waals surface area contributed by atoms with E-state index in [0.29, 0.717) is 0 Å². The Morgan fingerprint density at radius 1 is 1.31 bits per heavy atom. The van der Waals surface area contributed by atoms with Crippen LogP contribution in [0.1, 0.15) is 19.4 Å². The third-order valence-electron chi connectivity index (χ3n) is 1.76. The minimum atomic E-state index is -0.477. The zero-order valence-corrected chi connectivity index (χ0v) is 8.21. The number of nitro groups is 1. The number of alkyl halides is 1. The average Bonchev–Trinajstić information content (AvgIpc) is 2.03. The molecule has 1 aromatic rings. The molecule has 13 heavy (non-hydrogen) atoms. The van der Waals surface area contributed by atoms with Gasteiger partial charge in [0.2, 0.25) is 0 Å². The normalized spacial score (nSPS) is 11.3. The van der Waals surface area contributed by atoms with E-state index in [1.165, 1.54) is 12.1 Å². The third-order valence-corrected chi connectivity index (χ3v) is 1.98. The molecule has 0 aliphatic heterocycles. The first-order chi connectivity index (χ1) is 5.91. The van der Waals surface area contributed by atoms with Crippen LogP contribution < -0.4 is 0 Å². The van der Waals surface area contributed by atoms with Crippen LogP contribution in [-0.2, 0) is 4.87 Å². The molecule has 1 aromatic carbocycles. The number of non-ortho nitro benzene ring substituents is 1. The van der Waals surface area contributed by atoms with Gasteiger partial charge in [0, 0.05) is 12.1 Å². The van der Waals surface area contributed by atoms with E-state index in [1.54, 1.807) is 12.1 Å². The van der Waals surface area contributed by atoms with Crippen LogP contribution in [0.25, 0.3) is 0 Å². The second-order valence-corrected chi connectivity index (χ2v) is 4.22. The molecule has 0 amide bonds. The van der Waals surface area contributed by atoms with E-state index < -0.39 is 9.80 Å². The smallest absolute Gasteiger partial charge is 0.258 e. The lowest BCUT2D eigenvalue weighted by molar-refractivity contribution is -0.384. The van der Waals surface area contributed by atoms with Crippen molar-refractivity contribution in [1.29, 1.82) is 0 Å². The monoisotopic (exact) mass is 199 g/mol. The van der Waals surface area contributed by atoms with Crippen LogP contribution in [0.2, 0.25) is 0 Å². The summed E-state index contributed by atoms with van der Waals surface area (Å²) < 4.78 is 0. The highest BCUT2D eigenvalue weighted by Gasteiger charge is 2.17. The van der Waals surface area contributed by atoms with Crippen molar-refractivity contribution in [2.24, 2.45) is 0 Å². The lowest BCUT2D eigenvalue weighted by Crippen LogP contribution is -2.06. The molecular weight excluding hydrogens is 190 g/mol. The fourth-order valence-electron chi connectivity index (χ4n) is 0.979. The zero-order valence-electron chi connectivity index (χ0n) is 7.45. The summed E-state index contributed by atoms with van der Waals surface area (Å²) in [5.74, 6) is 0. The maximum absolute atomic E-state index is 10.3. The highest BCUT2D eigenvalue weighted by Crippen LogP contribution is 2.28. The van der Waals surface area contributed by atoms with E-state index in [4.69, 9.17) is 11.6 Å². The Morgan fingerprint density at radius 3 is 2.08 bits per heavy atom. The minimum Gasteiger partial charge on any atom is -0.258 e. The molecule has 0 fully saturated rings. The van der Waals surface area contributed by atoms with E-state index >= 15 is 0 Å². The largest absolute Gasteiger partial charge is 0.269 e. The van der Waals surface area contributed by atoms with Gasteiger partial charge in [-0.05, 0) is 19.4 Å². The van der Waals surface area contributed by atoms with Gasteiger partial charge in [-0.25, -0.2) is 0 Å². The molecule has 0 saturated heterocycles. The first-order valence-electron chi connectivity index (χ1n) is 3.85. The van der Waals surface area contributed by atoms with E-state index in [1.807, 2.05) is 13.8 Å². The van der Waals surface area contributed by atoms with Crippen molar-refractivity contribution < 1.29 is 4.92 Å². The Morgan fingerprint density at radius 2 is 1.77 bits per heavy atom. The molecule has 0 bridgehead atoms. The Labute approximate surface area is 81.5 Å². The lowest BCUT2D eigenvalue weighted by Gasteiger charge is -2.15. The second-order valence-electron chi connectivity index (χ2n) is 3.28. The van der Waals surface area contributed by atoms with Gasteiger partial charge in [0.05, 0.1) is 9.80 Å². The van der Waals surface area contributed by atoms with Gasteiger partial charge >= 0.3 is 0 Å². The van der Waals surface area contributed by atoms with Crippen molar-refractivity contribution in [2.45, 2.75) is 18.7 Å². The number of hydrogen-bond acceptors (Lipinski definition) is 2. The molecule has 4 heteroatoms. The van der Waals surface area contributed by atoms with Gasteiger partial charge in [0.1, 0.15) is 0 Å². The van der Waals surface area contributed by atoms with Gasteiger partial charge in [-0.2, -0.15) is 0 Å². The summed E-state index contributed by atoms with van der Waals surface area (Å²) in [5, 5.41) is 10.3. The molecule has 0 heterocycles. The number of halogens is 1.